The number of nitro benzene ring substituents is 1. The van der Waals surface area contributed by atoms with Crippen molar-refractivity contribution < 1.29 is 13.3 Å². The van der Waals surface area contributed by atoms with Gasteiger partial charge < -0.3 is 5.73 Å². The largest absolute Gasteiger partial charge is 0.399 e. The third kappa shape index (κ3) is 3.35. The maximum atomic E-state index is 12.8. The lowest BCUT2D eigenvalue weighted by molar-refractivity contribution is -0.385. The normalized spacial score (nSPS) is 17.1. The van der Waals surface area contributed by atoms with Gasteiger partial charge in [-0.2, -0.15) is 0 Å². The molecule has 0 amide bonds. The summed E-state index contributed by atoms with van der Waals surface area (Å²) in [5.74, 6) is 0. The SMILES string of the molecule is Cc1c([N+](=O)[O-])cccc1S(=O)(=O)NC1CCCc2cc(N)ccc21. The van der Waals surface area contributed by atoms with Gasteiger partial charge in [0.25, 0.3) is 5.69 Å². The monoisotopic (exact) mass is 361 g/mol. The highest BCUT2D eigenvalue weighted by atomic mass is 32.2. The Bertz CT molecular complexity index is 941. The van der Waals surface area contributed by atoms with E-state index in [4.69, 9.17) is 5.73 Å². The van der Waals surface area contributed by atoms with Gasteiger partial charge in [0.1, 0.15) is 0 Å². The summed E-state index contributed by atoms with van der Waals surface area (Å²) in [6.07, 6.45) is 2.37. The van der Waals surface area contributed by atoms with Crippen LogP contribution < -0.4 is 10.5 Å². The van der Waals surface area contributed by atoms with Gasteiger partial charge in [-0.15, -0.1) is 0 Å². The number of nitro groups is 1. The van der Waals surface area contributed by atoms with Crippen LogP contribution >= 0.6 is 0 Å². The first-order valence-electron chi connectivity index (χ1n) is 7.94. The third-order valence-electron chi connectivity index (χ3n) is 4.52. The van der Waals surface area contributed by atoms with E-state index >= 15 is 0 Å². The number of benzene rings is 2. The number of fused-ring (bicyclic) bond motifs is 1. The van der Waals surface area contributed by atoms with Gasteiger partial charge in [0.05, 0.1) is 9.82 Å². The second-order valence-electron chi connectivity index (χ2n) is 6.18. The molecule has 0 saturated carbocycles. The zero-order valence-corrected chi connectivity index (χ0v) is 14.5. The Kier molecular flexibility index (Phi) is 4.49. The van der Waals surface area contributed by atoms with E-state index in [9.17, 15) is 18.5 Å². The van der Waals surface area contributed by atoms with Crippen molar-refractivity contribution in [1.29, 1.82) is 0 Å². The number of sulfonamides is 1. The van der Waals surface area contributed by atoms with Crippen LogP contribution in [0.15, 0.2) is 41.3 Å². The molecule has 0 radical (unpaired) electrons. The molecule has 0 spiro atoms. The van der Waals surface area contributed by atoms with Gasteiger partial charge in [-0.05, 0) is 55.5 Å². The van der Waals surface area contributed by atoms with Crippen molar-refractivity contribution in [3.05, 3.63) is 63.2 Å². The van der Waals surface area contributed by atoms with Crippen LogP contribution in [0.5, 0.6) is 0 Å². The number of nitrogens with one attached hydrogen (secondary N) is 1. The first-order chi connectivity index (χ1) is 11.8. The fourth-order valence-electron chi connectivity index (χ4n) is 3.30. The molecule has 0 heterocycles. The minimum absolute atomic E-state index is 0.0655. The van der Waals surface area contributed by atoms with Crippen LogP contribution in [0.25, 0.3) is 0 Å². The molecule has 2 aromatic carbocycles. The molecule has 132 valence electrons. The lowest BCUT2D eigenvalue weighted by Gasteiger charge is -2.26. The molecule has 2 aromatic rings. The van der Waals surface area contributed by atoms with Gasteiger partial charge in [0, 0.05) is 23.4 Å². The Morgan fingerprint density at radius 1 is 1.28 bits per heavy atom. The van der Waals surface area contributed by atoms with Crippen molar-refractivity contribution >= 4 is 21.4 Å². The van der Waals surface area contributed by atoms with Gasteiger partial charge in [0.15, 0.2) is 0 Å². The Morgan fingerprint density at radius 2 is 2.04 bits per heavy atom. The van der Waals surface area contributed by atoms with Gasteiger partial charge in [-0.1, -0.05) is 12.1 Å². The average molecular weight is 361 g/mol. The van der Waals surface area contributed by atoms with E-state index in [2.05, 4.69) is 4.72 Å². The van der Waals surface area contributed by atoms with Gasteiger partial charge in [0.2, 0.25) is 10.0 Å². The molecule has 3 rings (SSSR count). The minimum Gasteiger partial charge on any atom is -0.399 e. The van der Waals surface area contributed by atoms with E-state index < -0.39 is 14.9 Å². The van der Waals surface area contributed by atoms with Crippen LogP contribution in [0.2, 0.25) is 0 Å². The molecule has 0 fully saturated rings. The summed E-state index contributed by atoms with van der Waals surface area (Å²) in [6, 6.07) is 9.17. The summed E-state index contributed by atoms with van der Waals surface area (Å²) < 4.78 is 28.3. The van der Waals surface area contributed by atoms with E-state index in [0.717, 1.165) is 24.0 Å². The van der Waals surface area contributed by atoms with Crippen LogP contribution in [-0.4, -0.2) is 13.3 Å². The van der Waals surface area contributed by atoms with Crippen molar-refractivity contribution in [1.82, 2.24) is 4.72 Å². The Balaban J connectivity index is 1.97. The molecule has 1 atom stereocenters. The molecular weight excluding hydrogens is 342 g/mol. The number of anilines is 1. The summed E-state index contributed by atoms with van der Waals surface area (Å²) in [4.78, 5) is 10.4. The van der Waals surface area contributed by atoms with E-state index in [-0.39, 0.29) is 22.2 Å². The summed E-state index contributed by atoms with van der Waals surface area (Å²) in [5, 5.41) is 11.1. The maximum absolute atomic E-state index is 12.8. The molecule has 25 heavy (non-hydrogen) atoms. The van der Waals surface area contributed by atoms with Gasteiger partial charge >= 0.3 is 0 Å². The van der Waals surface area contributed by atoms with Crippen molar-refractivity contribution in [3.63, 3.8) is 0 Å². The average Bonchev–Trinajstić information content (AvgIpc) is 2.54. The molecule has 0 bridgehead atoms. The summed E-state index contributed by atoms with van der Waals surface area (Å²) in [6.45, 7) is 1.45. The number of aryl methyl sites for hydroxylation is 1. The summed E-state index contributed by atoms with van der Waals surface area (Å²) >= 11 is 0. The molecule has 1 unspecified atom stereocenters. The van der Waals surface area contributed by atoms with Gasteiger partial charge in [-0.3, -0.25) is 10.1 Å². The second-order valence-corrected chi connectivity index (χ2v) is 7.86. The van der Waals surface area contributed by atoms with Crippen LogP contribution in [0.4, 0.5) is 11.4 Å². The molecule has 8 heteroatoms. The maximum Gasteiger partial charge on any atom is 0.273 e. The summed E-state index contributed by atoms with van der Waals surface area (Å²) in [5.41, 5.74) is 8.33. The zero-order chi connectivity index (χ0) is 18.2. The third-order valence-corrected chi connectivity index (χ3v) is 6.14. The minimum atomic E-state index is -3.89. The Hall–Kier alpha value is -2.45. The lowest BCUT2D eigenvalue weighted by atomic mass is 9.88. The molecular formula is C17H19N3O4S. The fraction of sp³-hybridized carbons (Fsp3) is 0.294. The number of rotatable bonds is 4. The van der Waals surface area contributed by atoms with E-state index in [1.165, 1.54) is 25.1 Å². The number of nitrogens with zero attached hydrogens (tertiary/aromatic N) is 1. The van der Waals surface area contributed by atoms with E-state index in [0.29, 0.717) is 12.1 Å². The molecule has 1 aliphatic rings. The number of hydrogen-bond donors (Lipinski definition) is 2. The highest BCUT2D eigenvalue weighted by Gasteiger charge is 2.28. The molecule has 3 N–H and O–H groups in total. The first-order valence-corrected chi connectivity index (χ1v) is 9.42. The molecule has 0 saturated heterocycles. The highest BCUT2D eigenvalue weighted by Crippen LogP contribution is 2.33. The van der Waals surface area contributed by atoms with Crippen LogP contribution in [0.1, 0.15) is 35.6 Å². The predicted octanol–water partition coefficient (Wildman–Crippen LogP) is 2.84. The fourth-order valence-corrected chi connectivity index (χ4v) is 4.81. The Labute approximate surface area is 146 Å². The Morgan fingerprint density at radius 3 is 2.76 bits per heavy atom. The predicted molar refractivity (Wildman–Crippen MR) is 94.7 cm³/mol. The van der Waals surface area contributed by atoms with Gasteiger partial charge in [-0.25, -0.2) is 13.1 Å². The van der Waals surface area contributed by atoms with Crippen LogP contribution in [0.3, 0.4) is 0 Å². The molecule has 0 aromatic heterocycles. The van der Waals surface area contributed by atoms with Crippen molar-refractivity contribution in [2.45, 2.75) is 37.1 Å². The zero-order valence-electron chi connectivity index (χ0n) is 13.7. The van der Waals surface area contributed by atoms with E-state index in [1.54, 1.807) is 6.07 Å². The topological polar surface area (TPSA) is 115 Å². The van der Waals surface area contributed by atoms with Crippen LogP contribution in [-0.2, 0) is 16.4 Å². The number of nitrogen functional groups attached to an aromatic ring is 1. The molecule has 7 nitrogen and oxygen atoms in total. The van der Waals surface area contributed by atoms with Crippen molar-refractivity contribution in [3.8, 4) is 0 Å². The quantitative estimate of drug-likeness (QED) is 0.493. The number of nitrogens with two attached hydrogens (primary N) is 1. The van der Waals surface area contributed by atoms with Crippen molar-refractivity contribution in [2.75, 3.05) is 5.73 Å². The highest BCUT2D eigenvalue weighted by molar-refractivity contribution is 7.89. The smallest absolute Gasteiger partial charge is 0.273 e. The van der Waals surface area contributed by atoms with Crippen LogP contribution in [0, 0.1) is 17.0 Å². The lowest BCUT2D eigenvalue weighted by Crippen LogP contribution is -2.31. The first kappa shape index (κ1) is 17.4. The summed E-state index contributed by atoms with van der Waals surface area (Å²) in [7, 11) is -3.89. The molecule has 1 aliphatic carbocycles. The standard InChI is InChI=1S/C17H19N3O4S/c1-11-16(20(21)22)6-3-7-17(11)25(23,24)19-15-5-2-4-12-10-13(18)8-9-14(12)15/h3,6-10,15,19H,2,4-5,18H2,1H3. The van der Waals surface area contributed by atoms with Crippen molar-refractivity contribution in [2.24, 2.45) is 0 Å². The number of hydrogen-bond acceptors (Lipinski definition) is 5. The molecule has 0 aliphatic heterocycles. The van der Waals surface area contributed by atoms with E-state index in [1.807, 2.05) is 12.1 Å². The second kappa shape index (κ2) is 6.45.